The second-order valence-electron chi connectivity index (χ2n) is 6.00. The summed E-state index contributed by atoms with van der Waals surface area (Å²) in [6.07, 6.45) is 1.40. The molecule has 3 aromatic rings. The molecule has 0 saturated carbocycles. The van der Waals surface area contributed by atoms with E-state index in [9.17, 15) is 18.8 Å². The van der Waals surface area contributed by atoms with Gasteiger partial charge < -0.3 is 15.0 Å². The lowest BCUT2D eigenvalue weighted by molar-refractivity contribution is -0.124. The van der Waals surface area contributed by atoms with Crippen molar-refractivity contribution >= 4 is 29.0 Å². The van der Waals surface area contributed by atoms with Gasteiger partial charge in [-0.25, -0.2) is 9.18 Å². The molecule has 3 rings (SSSR count). The zero-order chi connectivity index (χ0) is 20.1. The second kappa shape index (κ2) is 8.62. The molecule has 1 amide bonds. The number of carbonyl (C=O) groups excluding carboxylic acids is 3. The second-order valence-corrected chi connectivity index (χ2v) is 6.98. The molecule has 144 valence electrons. The van der Waals surface area contributed by atoms with E-state index in [4.69, 9.17) is 4.74 Å². The van der Waals surface area contributed by atoms with Gasteiger partial charge in [0.25, 0.3) is 5.91 Å². The lowest BCUT2D eigenvalue weighted by atomic mass is 10.1. The van der Waals surface area contributed by atoms with Crippen LogP contribution in [-0.4, -0.2) is 29.3 Å². The number of H-pyrrole nitrogens is 1. The van der Waals surface area contributed by atoms with E-state index in [0.29, 0.717) is 11.1 Å². The molecule has 6 nitrogen and oxygen atoms in total. The Hall–Kier alpha value is -3.26. The molecule has 0 saturated heterocycles. The first-order valence-electron chi connectivity index (χ1n) is 8.38. The number of aromatic amines is 1. The minimum Gasteiger partial charge on any atom is -0.451 e. The Labute approximate surface area is 164 Å². The summed E-state index contributed by atoms with van der Waals surface area (Å²) in [5.41, 5.74) is 1.15. The van der Waals surface area contributed by atoms with Crippen molar-refractivity contribution in [3.8, 4) is 0 Å². The lowest BCUT2D eigenvalue weighted by Gasteiger charge is -2.18. The first-order chi connectivity index (χ1) is 13.4. The van der Waals surface area contributed by atoms with E-state index in [1.54, 1.807) is 12.1 Å². The number of esters is 1. The van der Waals surface area contributed by atoms with Crippen molar-refractivity contribution < 1.29 is 23.5 Å². The molecule has 2 aromatic heterocycles. The van der Waals surface area contributed by atoms with Crippen molar-refractivity contribution in [1.82, 2.24) is 10.3 Å². The van der Waals surface area contributed by atoms with Crippen LogP contribution in [0, 0.1) is 5.82 Å². The lowest BCUT2D eigenvalue weighted by Crippen LogP contribution is -2.32. The summed E-state index contributed by atoms with van der Waals surface area (Å²) in [5.74, 6) is -1.80. The number of ether oxygens (including phenoxy) is 1. The van der Waals surface area contributed by atoms with Gasteiger partial charge in [0.05, 0.1) is 6.04 Å². The predicted octanol–water partition coefficient (Wildman–Crippen LogP) is 3.48. The highest BCUT2D eigenvalue weighted by atomic mass is 32.1. The average molecular weight is 400 g/mol. The SMILES string of the molecule is CC(=O)c1c[nH]c(C(=O)OCC(=O)N[C@@H](c2ccc(F)cc2)c2cccs2)c1. The maximum absolute atomic E-state index is 13.2. The van der Waals surface area contributed by atoms with Crippen molar-refractivity contribution in [1.29, 1.82) is 0 Å². The van der Waals surface area contributed by atoms with Crippen LogP contribution in [0.15, 0.2) is 54.0 Å². The van der Waals surface area contributed by atoms with Crippen LogP contribution in [0.3, 0.4) is 0 Å². The number of Topliss-reactive ketones (excluding diaryl/α,β-unsaturated/α-hetero) is 1. The van der Waals surface area contributed by atoms with E-state index >= 15 is 0 Å². The van der Waals surface area contributed by atoms with Gasteiger partial charge in [-0.15, -0.1) is 11.3 Å². The van der Waals surface area contributed by atoms with Gasteiger partial charge in [-0.2, -0.15) is 0 Å². The van der Waals surface area contributed by atoms with Gasteiger partial charge in [0, 0.05) is 16.6 Å². The fraction of sp³-hybridized carbons (Fsp3) is 0.150. The summed E-state index contributed by atoms with van der Waals surface area (Å²) in [4.78, 5) is 39.1. The van der Waals surface area contributed by atoms with Gasteiger partial charge in [0.15, 0.2) is 12.4 Å². The summed E-state index contributed by atoms with van der Waals surface area (Å²) in [6, 6.07) is 10.4. The van der Waals surface area contributed by atoms with Crippen LogP contribution in [-0.2, 0) is 9.53 Å². The molecular formula is C20H17FN2O4S. The van der Waals surface area contributed by atoms with Crippen LogP contribution in [0.5, 0.6) is 0 Å². The number of benzene rings is 1. The fourth-order valence-electron chi connectivity index (χ4n) is 2.56. The zero-order valence-corrected chi connectivity index (χ0v) is 15.7. The van der Waals surface area contributed by atoms with Crippen LogP contribution < -0.4 is 5.32 Å². The van der Waals surface area contributed by atoms with Gasteiger partial charge in [0.1, 0.15) is 11.5 Å². The van der Waals surface area contributed by atoms with E-state index in [1.165, 1.54) is 42.7 Å². The van der Waals surface area contributed by atoms with E-state index in [0.717, 1.165) is 4.88 Å². The molecule has 2 heterocycles. The normalized spacial score (nSPS) is 11.6. The summed E-state index contributed by atoms with van der Waals surface area (Å²) in [6.45, 7) is 0.891. The predicted molar refractivity (Wildman–Crippen MR) is 102 cm³/mol. The first kappa shape index (κ1) is 19.5. The molecule has 0 spiro atoms. The fourth-order valence-corrected chi connectivity index (χ4v) is 3.36. The molecule has 0 fully saturated rings. The number of thiophene rings is 1. The van der Waals surface area contributed by atoms with E-state index in [-0.39, 0.29) is 17.3 Å². The molecule has 0 bridgehead atoms. The van der Waals surface area contributed by atoms with Crippen molar-refractivity contribution in [2.75, 3.05) is 6.61 Å². The van der Waals surface area contributed by atoms with Gasteiger partial charge in [-0.3, -0.25) is 9.59 Å². The smallest absolute Gasteiger partial charge is 0.355 e. The van der Waals surface area contributed by atoms with Gasteiger partial charge in [-0.1, -0.05) is 18.2 Å². The molecule has 28 heavy (non-hydrogen) atoms. The highest BCUT2D eigenvalue weighted by Gasteiger charge is 2.20. The Morgan fingerprint density at radius 3 is 2.57 bits per heavy atom. The van der Waals surface area contributed by atoms with Crippen LogP contribution in [0.25, 0.3) is 0 Å². The summed E-state index contributed by atoms with van der Waals surface area (Å²) < 4.78 is 18.2. The highest BCUT2D eigenvalue weighted by molar-refractivity contribution is 7.10. The van der Waals surface area contributed by atoms with Crippen molar-refractivity contribution in [2.45, 2.75) is 13.0 Å². The number of aromatic nitrogens is 1. The zero-order valence-electron chi connectivity index (χ0n) is 14.9. The number of halogens is 1. The molecular weight excluding hydrogens is 383 g/mol. The molecule has 1 aromatic carbocycles. The number of nitrogens with one attached hydrogen (secondary N) is 2. The largest absolute Gasteiger partial charge is 0.451 e. The first-order valence-corrected chi connectivity index (χ1v) is 9.26. The summed E-state index contributed by atoms with van der Waals surface area (Å²) >= 11 is 1.45. The molecule has 0 aliphatic rings. The maximum Gasteiger partial charge on any atom is 0.355 e. The van der Waals surface area contributed by atoms with Crippen molar-refractivity contribution in [3.05, 3.63) is 81.6 Å². The number of carbonyl (C=O) groups is 3. The van der Waals surface area contributed by atoms with Crippen molar-refractivity contribution in [2.24, 2.45) is 0 Å². The Morgan fingerprint density at radius 2 is 1.96 bits per heavy atom. The number of hydrogen-bond donors (Lipinski definition) is 2. The standard InChI is InChI=1S/C20H17FN2O4S/c1-12(24)14-9-16(22-10-14)20(26)27-11-18(25)23-19(17-3-2-8-28-17)13-4-6-15(21)7-5-13/h2-10,19,22H,11H2,1H3,(H,23,25)/t19-/m0/s1. The van der Waals surface area contributed by atoms with Crippen LogP contribution in [0.4, 0.5) is 4.39 Å². The minimum atomic E-state index is -0.739. The molecule has 0 aliphatic carbocycles. The van der Waals surface area contributed by atoms with E-state index in [2.05, 4.69) is 10.3 Å². The van der Waals surface area contributed by atoms with Crippen LogP contribution >= 0.6 is 11.3 Å². The molecule has 0 radical (unpaired) electrons. The van der Waals surface area contributed by atoms with Gasteiger partial charge in [0.2, 0.25) is 0 Å². The Kier molecular flexibility index (Phi) is 6.00. The molecule has 0 unspecified atom stereocenters. The quantitative estimate of drug-likeness (QED) is 0.469. The monoisotopic (exact) mass is 400 g/mol. The Morgan fingerprint density at radius 1 is 1.21 bits per heavy atom. The van der Waals surface area contributed by atoms with Crippen LogP contribution in [0.2, 0.25) is 0 Å². The molecule has 2 N–H and O–H groups in total. The number of ketones is 1. The third-order valence-corrected chi connectivity index (χ3v) is 4.92. The number of rotatable bonds is 7. The third-order valence-electron chi connectivity index (χ3n) is 3.98. The van der Waals surface area contributed by atoms with E-state index in [1.807, 2.05) is 17.5 Å². The summed E-state index contributed by atoms with van der Waals surface area (Å²) in [5, 5.41) is 4.66. The van der Waals surface area contributed by atoms with Crippen molar-refractivity contribution in [3.63, 3.8) is 0 Å². The Bertz CT molecular complexity index is 980. The van der Waals surface area contributed by atoms with Gasteiger partial charge in [-0.05, 0) is 42.1 Å². The van der Waals surface area contributed by atoms with E-state index < -0.39 is 24.5 Å². The molecule has 0 aliphatic heterocycles. The summed E-state index contributed by atoms with van der Waals surface area (Å²) in [7, 11) is 0. The highest BCUT2D eigenvalue weighted by Crippen LogP contribution is 2.26. The topological polar surface area (TPSA) is 88.3 Å². The Balaban J connectivity index is 1.64. The minimum absolute atomic E-state index is 0.0892. The number of amides is 1. The third kappa shape index (κ3) is 4.72. The molecule has 8 heteroatoms. The van der Waals surface area contributed by atoms with Crippen LogP contribution in [0.1, 0.15) is 44.3 Å². The average Bonchev–Trinajstić information content (AvgIpc) is 3.37. The molecule has 1 atom stereocenters. The van der Waals surface area contributed by atoms with Gasteiger partial charge >= 0.3 is 5.97 Å². The maximum atomic E-state index is 13.2. The number of hydrogen-bond acceptors (Lipinski definition) is 5.